The number of aryl methyl sites for hydroxylation is 1. The summed E-state index contributed by atoms with van der Waals surface area (Å²) in [6, 6.07) is 18.3. The largest absolute Gasteiger partial charge is 0.374 e. The third-order valence-electron chi connectivity index (χ3n) is 6.12. The lowest BCUT2D eigenvalue weighted by Crippen LogP contribution is -2.26. The molecule has 1 aliphatic carbocycles. The standard InChI is InChI=1S/C29H30N2O3S/c1-5-21-10-11-24(29(32)30-25-13-14-25)19-27(21)23-12-17-28(22(6-2)18-23)31(7-3)35(33,34)26-15-8-20(4)9-16-26/h5-12,15-19,25,29-30,32H,1-3,13-14H2,4H3. The van der Waals surface area contributed by atoms with Crippen LogP contribution in [-0.2, 0) is 10.0 Å². The molecule has 1 aliphatic rings. The first kappa shape index (κ1) is 24.7. The number of benzene rings is 3. The molecule has 0 saturated heterocycles. The summed E-state index contributed by atoms with van der Waals surface area (Å²) in [5.74, 6) is 0. The Morgan fingerprint density at radius 2 is 1.66 bits per heavy atom. The second kappa shape index (κ2) is 10.0. The first-order chi connectivity index (χ1) is 16.8. The van der Waals surface area contributed by atoms with Crippen molar-refractivity contribution >= 4 is 27.9 Å². The van der Waals surface area contributed by atoms with Gasteiger partial charge in [0.2, 0.25) is 0 Å². The highest BCUT2D eigenvalue weighted by Crippen LogP contribution is 2.35. The Labute approximate surface area is 207 Å². The Hall–Kier alpha value is -3.45. The average molecular weight is 487 g/mol. The first-order valence-corrected chi connectivity index (χ1v) is 12.9. The smallest absolute Gasteiger partial charge is 0.268 e. The van der Waals surface area contributed by atoms with Crippen LogP contribution in [0.3, 0.4) is 0 Å². The zero-order valence-electron chi connectivity index (χ0n) is 19.8. The van der Waals surface area contributed by atoms with Crippen LogP contribution in [0.5, 0.6) is 0 Å². The van der Waals surface area contributed by atoms with Crippen molar-refractivity contribution in [2.45, 2.75) is 36.9 Å². The topological polar surface area (TPSA) is 69.6 Å². The van der Waals surface area contributed by atoms with Gasteiger partial charge in [-0.3, -0.25) is 5.32 Å². The van der Waals surface area contributed by atoms with E-state index in [1.54, 1.807) is 42.5 Å². The third kappa shape index (κ3) is 5.15. The number of hydrogen-bond acceptors (Lipinski definition) is 4. The lowest BCUT2D eigenvalue weighted by atomic mass is 9.95. The van der Waals surface area contributed by atoms with Crippen LogP contribution in [-0.4, -0.2) is 19.6 Å². The summed E-state index contributed by atoms with van der Waals surface area (Å²) in [5, 5.41) is 13.8. The van der Waals surface area contributed by atoms with Gasteiger partial charge in [0.15, 0.2) is 0 Å². The van der Waals surface area contributed by atoms with E-state index in [-0.39, 0.29) is 4.90 Å². The number of nitrogens with zero attached hydrogens (tertiary/aromatic N) is 1. The van der Waals surface area contributed by atoms with Crippen molar-refractivity contribution in [3.8, 4) is 11.1 Å². The van der Waals surface area contributed by atoms with Crippen molar-refractivity contribution in [3.05, 3.63) is 109 Å². The average Bonchev–Trinajstić information content (AvgIpc) is 3.68. The maximum Gasteiger partial charge on any atom is 0.268 e. The summed E-state index contributed by atoms with van der Waals surface area (Å²) >= 11 is 0. The van der Waals surface area contributed by atoms with E-state index in [1.165, 1.54) is 10.5 Å². The molecule has 35 heavy (non-hydrogen) atoms. The Bertz CT molecular complexity index is 1370. The lowest BCUT2D eigenvalue weighted by Gasteiger charge is -2.23. The van der Waals surface area contributed by atoms with Gasteiger partial charge in [-0.1, -0.05) is 67.8 Å². The molecular formula is C29H30N2O3S. The van der Waals surface area contributed by atoms with Gasteiger partial charge in [0.05, 0.1) is 10.6 Å². The molecule has 0 aromatic heterocycles. The predicted molar refractivity (Wildman–Crippen MR) is 144 cm³/mol. The molecule has 2 N–H and O–H groups in total. The minimum atomic E-state index is -3.86. The number of aliphatic hydroxyl groups excluding tert-OH is 1. The van der Waals surface area contributed by atoms with Gasteiger partial charge in [0.1, 0.15) is 6.23 Å². The number of nitrogens with one attached hydrogen (secondary N) is 1. The van der Waals surface area contributed by atoms with E-state index in [4.69, 9.17) is 0 Å². The molecule has 0 heterocycles. The highest BCUT2D eigenvalue weighted by atomic mass is 32.2. The van der Waals surface area contributed by atoms with Crippen molar-refractivity contribution in [2.24, 2.45) is 0 Å². The predicted octanol–water partition coefficient (Wildman–Crippen LogP) is 6.03. The first-order valence-electron chi connectivity index (χ1n) is 11.5. The number of anilines is 1. The van der Waals surface area contributed by atoms with Crippen LogP contribution in [0, 0.1) is 6.92 Å². The summed E-state index contributed by atoms with van der Waals surface area (Å²) in [5.41, 5.74) is 5.47. The maximum atomic E-state index is 13.4. The van der Waals surface area contributed by atoms with E-state index in [1.807, 2.05) is 37.3 Å². The molecule has 6 heteroatoms. The molecule has 4 rings (SSSR count). The molecular weight excluding hydrogens is 456 g/mol. The molecule has 3 aromatic rings. The summed E-state index contributed by atoms with van der Waals surface area (Å²) in [4.78, 5) is 0.181. The minimum absolute atomic E-state index is 0.181. The molecule has 0 radical (unpaired) electrons. The zero-order chi connectivity index (χ0) is 25.2. The van der Waals surface area contributed by atoms with Gasteiger partial charge in [-0.15, -0.1) is 0 Å². The molecule has 0 spiro atoms. The Kier molecular flexibility index (Phi) is 7.08. The normalized spacial score (nSPS) is 14.2. The van der Waals surface area contributed by atoms with Gasteiger partial charge in [-0.2, -0.15) is 0 Å². The lowest BCUT2D eigenvalue weighted by molar-refractivity contribution is 0.137. The minimum Gasteiger partial charge on any atom is -0.374 e. The molecule has 1 atom stereocenters. The van der Waals surface area contributed by atoms with Crippen LogP contribution in [0.15, 0.2) is 91.5 Å². The van der Waals surface area contributed by atoms with Crippen LogP contribution in [0.2, 0.25) is 0 Å². The van der Waals surface area contributed by atoms with Crippen molar-refractivity contribution in [1.82, 2.24) is 5.32 Å². The molecule has 1 unspecified atom stereocenters. The van der Waals surface area contributed by atoms with Gasteiger partial charge in [0.25, 0.3) is 10.0 Å². The Morgan fingerprint density at radius 3 is 2.26 bits per heavy atom. The fourth-order valence-electron chi connectivity index (χ4n) is 3.98. The SMILES string of the molecule is C=Cc1ccc(C(O)NC2CC2)cc1-c1ccc(N(C=C)S(=O)(=O)c2ccc(C)cc2)c(C=C)c1. The van der Waals surface area contributed by atoms with Crippen molar-refractivity contribution < 1.29 is 13.5 Å². The highest BCUT2D eigenvalue weighted by Gasteiger charge is 2.26. The summed E-state index contributed by atoms with van der Waals surface area (Å²) in [7, 11) is -3.86. The van der Waals surface area contributed by atoms with E-state index < -0.39 is 16.3 Å². The molecule has 0 amide bonds. The fraction of sp³-hybridized carbons (Fsp3) is 0.172. The van der Waals surface area contributed by atoms with E-state index in [0.29, 0.717) is 17.3 Å². The van der Waals surface area contributed by atoms with Crippen molar-refractivity contribution in [1.29, 1.82) is 0 Å². The molecule has 0 bridgehead atoms. The van der Waals surface area contributed by atoms with Gasteiger partial charge in [-0.25, -0.2) is 12.7 Å². The molecule has 1 fully saturated rings. The van der Waals surface area contributed by atoms with Crippen LogP contribution in [0.25, 0.3) is 23.3 Å². The quantitative estimate of drug-likeness (QED) is 0.343. The van der Waals surface area contributed by atoms with E-state index in [2.05, 4.69) is 25.1 Å². The van der Waals surface area contributed by atoms with Gasteiger partial charge >= 0.3 is 0 Å². The summed E-state index contributed by atoms with van der Waals surface area (Å²) < 4.78 is 27.9. The summed E-state index contributed by atoms with van der Waals surface area (Å²) in [6.07, 6.45) is 6.08. The highest BCUT2D eigenvalue weighted by molar-refractivity contribution is 7.93. The zero-order valence-corrected chi connectivity index (χ0v) is 20.6. The van der Waals surface area contributed by atoms with Crippen LogP contribution >= 0.6 is 0 Å². The monoisotopic (exact) mass is 486 g/mol. The Morgan fingerprint density at radius 1 is 0.971 bits per heavy atom. The van der Waals surface area contributed by atoms with Crippen LogP contribution in [0.1, 0.15) is 41.3 Å². The van der Waals surface area contributed by atoms with Gasteiger partial charge < -0.3 is 5.11 Å². The third-order valence-corrected chi connectivity index (χ3v) is 7.85. The second-order valence-corrected chi connectivity index (χ2v) is 10.5. The molecule has 3 aromatic carbocycles. The molecule has 180 valence electrons. The van der Waals surface area contributed by atoms with Crippen LogP contribution in [0.4, 0.5) is 5.69 Å². The number of sulfonamides is 1. The molecule has 5 nitrogen and oxygen atoms in total. The van der Waals surface area contributed by atoms with Crippen LogP contribution < -0.4 is 9.62 Å². The Balaban J connectivity index is 1.75. The number of rotatable bonds is 10. The van der Waals surface area contributed by atoms with Crippen molar-refractivity contribution in [3.63, 3.8) is 0 Å². The van der Waals surface area contributed by atoms with Gasteiger partial charge in [0, 0.05) is 12.2 Å². The number of aliphatic hydroxyl groups is 1. The van der Waals surface area contributed by atoms with E-state index in [9.17, 15) is 13.5 Å². The van der Waals surface area contributed by atoms with Gasteiger partial charge in [-0.05, 0) is 77.9 Å². The van der Waals surface area contributed by atoms with Crippen molar-refractivity contribution in [2.75, 3.05) is 4.31 Å². The second-order valence-electron chi connectivity index (χ2n) is 8.67. The van der Waals surface area contributed by atoms with E-state index in [0.717, 1.165) is 40.7 Å². The van der Waals surface area contributed by atoms with E-state index >= 15 is 0 Å². The molecule has 0 aliphatic heterocycles. The maximum absolute atomic E-state index is 13.4. The molecule has 1 saturated carbocycles. The summed E-state index contributed by atoms with van der Waals surface area (Å²) in [6.45, 7) is 13.5. The fourth-order valence-corrected chi connectivity index (χ4v) is 5.31. The number of hydrogen-bond donors (Lipinski definition) is 2.